The molecule has 0 saturated heterocycles. The molecule has 0 amide bonds. The molecular weight excluding hydrogens is 218 g/mol. The van der Waals surface area contributed by atoms with Gasteiger partial charge >= 0.3 is 0 Å². The summed E-state index contributed by atoms with van der Waals surface area (Å²) in [4.78, 5) is 8.75. The molecule has 0 aromatic carbocycles. The first-order chi connectivity index (χ1) is 7.52. The normalized spacial score (nSPS) is 13.1. The fourth-order valence-electron chi connectivity index (χ4n) is 1.21. The van der Waals surface area contributed by atoms with Crippen LogP contribution in [0.25, 0.3) is 0 Å². The van der Waals surface area contributed by atoms with Gasteiger partial charge in [0.15, 0.2) is 0 Å². The number of rotatable bonds is 5. The lowest BCUT2D eigenvalue weighted by atomic mass is 10.2. The van der Waals surface area contributed by atoms with Gasteiger partial charge in [-0.05, 0) is 12.3 Å². The summed E-state index contributed by atoms with van der Waals surface area (Å²) in [6.45, 7) is 8.77. The van der Waals surface area contributed by atoms with Crippen molar-refractivity contribution < 1.29 is 0 Å². The molecule has 0 aliphatic carbocycles. The van der Waals surface area contributed by atoms with Crippen LogP contribution in [0.2, 0.25) is 0 Å². The number of nitrogens with zero attached hydrogens (tertiary/aromatic N) is 2. The number of hydrogen-bond donors (Lipinski definition) is 1. The monoisotopic (exact) mass is 239 g/mol. The first kappa shape index (κ1) is 13.3. The SMILES string of the molecule is CCCc1nc(N)cc(SC(C)C(C)C)n1. The molecule has 1 aromatic heterocycles. The highest BCUT2D eigenvalue weighted by Crippen LogP contribution is 2.27. The molecule has 0 fully saturated rings. The van der Waals surface area contributed by atoms with E-state index in [1.54, 1.807) is 11.8 Å². The molecule has 16 heavy (non-hydrogen) atoms. The second-order valence-corrected chi connectivity index (χ2v) is 5.76. The Bertz CT molecular complexity index is 339. The van der Waals surface area contributed by atoms with E-state index in [9.17, 15) is 0 Å². The van der Waals surface area contributed by atoms with E-state index >= 15 is 0 Å². The van der Waals surface area contributed by atoms with Gasteiger partial charge in [0.25, 0.3) is 0 Å². The Morgan fingerprint density at radius 2 is 2.00 bits per heavy atom. The second kappa shape index (κ2) is 6.09. The van der Waals surface area contributed by atoms with Crippen molar-refractivity contribution in [3.63, 3.8) is 0 Å². The topological polar surface area (TPSA) is 51.8 Å². The molecule has 1 aromatic rings. The fraction of sp³-hybridized carbons (Fsp3) is 0.667. The van der Waals surface area contributed by atoms with Crippen LogP contribution in [0.1, 0.15) is 39.9 Å². The molecule has 0 spiro atoms. The third-order valence-electron chi connectivity index (χ3n) is 2.49. The van der Waals surface area contributed by atoms with Gasteiger partial charge in [-0.15, -0.1) is 11.8 Å². The van der Waals surface area contributed by atoms with Crippen molar-refractivity contribution in [2.75, 3.05) is 5.73 Å². The highest BCUT2D eigenvalue weighted by molar-refractivity contribution is 7.99. The molecule has 0 aliphatic heterocycles. The minimum Gasteiger partial charge on any atom is -0.384 e. The van der Waals surface area contributed by atoms with E-state index in [0.717, 1.165) is 23.7 Å². The summed E-state index contributed by atoms with van der Waals surface area (Å²) >= 11 is 1.77. The van der Waals surface area contributed by atoms with Crippen LogP contribution < -0.4 is 5.73 Å². The van der Waals surface area contributed by atoms with Crippen molar-refractivity contribution in [1.82, 2.24) is 9.97 Å². The zero-order valence-corrected chi connectivity index (χ0v) is 11.3. The van der Waals surface area contributed by atoms with E-state index in [4.69, 9.17) is 5.73 Å². The number of nitrogens with two attached hydrogens (primary N) is 1. The van der Waals surface area contributed by atoms with Crippen molar-refractivity contribution >= 4 is 17.6 Å². The van der Waals surface area contributed by atoms with Crippen molar-refractivity contribution in [3.8, 4) is 0 Å². The average Bonchev–Trinajstić information content (AvgIpc) is 2.16. The van der Waals surface area contributed by atoms with Crippen molar-refractivity contribution in [1.29, 1.82) is 0 Å². The Morgan fingerprint density at radius 1 is 1.31 bits per heavy atom. The van der Waals surface area contributed by atoms with Gasteiger partial charge in [-0.1, -0.05) is 27.7 Å². The molecular formula is C12H21N3S. The number of anilines is 1. The molecule has 0 saturated carbocycles. The van der Waals surface area contributed by atoms with Gasteiger partial charge in [0.2, 0.25) is 0 Å². The summed E-state index contributed by atoms with van der Waals surface area (Å²) in [5.41, 5.74) is 5.78. The van der Waals surface area contributed by atoms with Crippen LogP contribution in [0.15, 0.2) is 11.1 Å². The quantitative estimate of drug-likeness (QED) is 0.633. The van der Waals surface area contributed by atoms with Gasteiger partial charge in [-0.3, -0.25) is 0 Å². The highest BCUT2D eigenvalue weighted by Gasteiger charge is 2.11. The zero-order chi connectivity index (χ0) is 12.1. The van der Waals surface area contributed by atoms with Crippen molar-refractivity contribution in [2.45, 2.75) is 50.8 Å². The summed E-state index contributed by atoms with van der Waals surface area (Å²) < 4.78 is 0. The third kappa shape index (κ3) is 4.00. The molecule has 0 aliphatic rings. The first-order valence-electron chi connectivity index (χ1n) is 5.83. The molecule has 3 nitrogen and oxygen atoms in total. The van der Waals surface area contributed by atoms with Crippen LogP contribution in [0, 0.1) is 5.92 Å². The minimum absolute atomic E-state index is 0.545. The predicted molar refractivity (Wildman–Crippen MR) is 70.6 cm³/mol. The van der Waals surface area contributed by atoms with Crippen molar-refractivity contribution in [2.24, 2.45) is 5.92 Å². The maximum Gasteiger partial charge on any atom is 0.132 e. The summed E-state index contributed by atoms with van der Waals surface area (Å²) in [6.07, 6.45) is 1.95. The van der Waals surface area contributed by atoms with E-state index in [1.807, 2.05) is 6.07 Å². The lowest BCUT2D eigenvalue weighted by Gasteiger charge is -2.14. The molecule has 0 radical (unpaired) electrons. The van der Waals surface area contributed by atoms with E-state index in [1.165, 1.54) is 0 Å². The van der Waals surface area contributed by atoms with Crippen LogP contribution in [0.3, 0.4) is 0 Å². The van der Waals surface area contributed by atoms with E-state index in [-0.39, 0.29) is 0 Å². The number of aryl methyl sites for hydroxylation is 1. The Balaban J connectivity index is 2.79. The maximum absolute atomic E-state index is 5.78. The largest absolute Gasteiger partial charge is 0.384 e. The van der Waals surface area contributed by atoms with Crippen LogP contribution in [0.4, 0.5) is 5.82 Å². The second-order valence-electron chi connectivity index (χ2n) is 4.36. The Hall–Kier alpha value is -0.770. The van der Waals surface area contributed by atoms with Crippen LogP contribution >= 0.6 is 11.8 Å². The summed E-state index contributed by atoms with van der Waals surface area (Å²) in [5, 5.41) is 1.54. The molecule has 1 atom stereocenters. The summed E-state index contributed by atoms with van der Waals surface area (Å²) in [7, 11) is 0. The smallest absolute Gasteiger partial charge is 0.132 e. The lowest BCUT2D eigenvalue weighted by molar-refractivity contribution is 0.641. The van der Waals surface area contributed by atoms with Gasteiger partial charge < -0.3 is 5.73 Å². The average molecular weight is 239 g/mol. The summed E-state index contributed by atoms with van der Waals surface area (Å²) in [5.74, 6) is 2.08. The van der Waals surface area contributed by atoms with Crippen molar-refractivity contribution in [3.05, 3.63) is 11.9 Å². The predicted octanol–water partition coefficient (Wildman–Crippen LogP) is 3.15. The maximum atomic E-state index is 5.78. The number of nitrogen functional groups attached to an aromatic ring is 1. The molecule has 1 rings (SSSR count). The first-order valence-corrected chi connectivity index (χ1v) is 6.71. The number of thioether (sulfide) groups is 1. The number of hydrogen-bond acceptors (Lipinski definition) is 4. The highest BCUT2D eigenvalue weighted by atomic mass is 32.2. The molecule has 4 heteroatoms. The molecule has 2 N–H and O–H groups in total. The van der Waals surface area contributed by atoms with Gasteiger partial charge in [0.05, 0.1) is 0 Å². The van der Waals surface area contributed by atoms with E-state index in [0.29, 0.717) is 17.0 Å². The van der Waals surface area contributed by atoms with Gasteiger partial charge in [0, 0.05) is 17.7 Å². The van der Waals surface area contributed by atoms with Crippen LogP contribution in [0.5, 0.6) is 0 Å². The van der Waals surface area contributed by atoms with Crippen LogP contribution in [-0.2, 0) is 6.42 Å². The lowest BCUT2D eigenvalue weighted by Crippen LogP contribution is -2.07. The summed E-state index contributed by atoms with van der Waals surface area (Å²) in [6, 6.07) is 1.86. The Labute approximate surface area is 102 Å². The minimum atomic E-state index is 0.545. The van der Waals surface area contributed by atoms with Crippen LogP contribution in [-0.4, -0.2) is 15.2 Å². The zero-order valence-electron chi connectivity index (χ0n) is 10.5. The van der Waals surface area contributed by atoms with E-state index in [2.05, 4.69) is 37.7 Å². The molecule has 0 bridgehead atoms. The number of aromatic nitrogens is 2. The Morgan fingerprint density at radius 3 is 2.56 bits per heavy atom. The van der Waals surface area contributed by atoms with Gasteiger partial charge in [-0.25, -0.2) is 9.97 Å². The molecule has 1 heterocycles. The molecule has 1 unspecified atom stereocenters. The van der Waals surface area contributed by atoms with E-state index < -0.39 is 0 Å². The fourth-order valence-corrected chi connectivity index (χ4v) is 2.21. The third-order valence-corrected chi connectivity index (χ3v) is 3.85. The Kier molecular flexibility index (Phi) is 5.06. The van der Waals surface area contributed by atoms with Gasteiger partial charge in [0.1, 0.15) is 16.7 Å². The molecule has 90 valence electrons. The van der Waals surface area contributed by atoms with Gasteiger partial charge in [-0.2, -0.15) is 0 Å². The standard InChI is InChI=1S/C12H21N3S/c1-5-6-11-14-10(13)7-12(15-11)16-9(4)8(2)3/h7-9H,5-6H2,1-4H3,(H2,13,14,15).